The zero-order valence-corrected chi connectivity index (χ0v) is 10.3. The minimum atomic E-state index is -1.27. The largest absolute Gasteiger partial charge is 0.469 e. The van der Waals surface area contributed by atoms with Crippen LogP contribution in [0.4, 0.5) is 0 Å². The molecule has 2 unspecified atom stereocenters. The fourth-order valence-corrected chi connectivity index (χ4v) is 1.57. The third-order valence-corrected chi connectivity index (χ3v) is 3.08. The quantitative estimate of drug-likeness (QED) is 0.828. The number of carbonyl (C=O) groups is 1. The molecule has 16 heavy (non-hydrogen) atoms. The Morgan fingerprint density at radius 2 is 1.94 bits per heavy atom. The van der Waals surface area contributed by atoms with E-state index < -0.39 is 17.5 Å². The van der Waals surface area contributed by atoms with E-state index in [0.29, 0.717) is 10.6 Å². The molecule has 4 heteroatoms. The van der Waals surface area contributed by atoms with Crippen LogP contribution in [0.2, 0.25) is 5.02 Å². The van der Waals surface area contributed by atoms with Gasteiger partial charge in [0.2, 0.25) is 0 Å². The van der Waals surface area contributed by atoms with Crippen molar-refractivity contribution in [2.75, 3.05) is 7.11 Å². The van der Waals surface area contributed by atoms with Crippen molar-refractivity contribution in [1.29, 1.82) is 0 Å². The van der Waals surface area contributed by atoms with E-state index in [1.165, 1.54) is 7.11 Å². The van der Waals surface area contributed by atoms with Crippen molar-refractivity contribution >= 4 is 17.6 Å². The first-order chi connectivity index (χ1) is 7.39. The molecule has 2 atom stereocenters. The van der Waals surface area contributed by atoms with Crippen LogP contribution in [0.1, 0.15) is 19.4 Å². The van der Waals surface area contributed by atoms with Crippen molar-refractivity contribution in [2.45, 2.75) is 19.4 Å². The van der Waals surface area contributed by atoms with Gasteiger partial charge in [0.05, 0.1) is 18.6 Å². The van der Waals surface area contributed by atoms with Gasteiger partial charge in [0, 0.05) is 5.02 Å². The highest BCUT2D eigenvalue weighted by molar-refractivity contribution is 6.30. The Kier molecular flexibility index (Phi) is 3.94. The van der Waals surface area contributed by atoms with Crippen LogP contribution in [-0.4, -0.2) is 18.2 Å². The maximum atomic E-state index is 11.4. The van der Waals surface area contributed by atoms with Gasteiger partial charge in [-0.25, -0.2) is 0 Å². The van der Waals surface area contributed by atoms with E-state index in [-0.39, 0.29) is 0 Å². The summed E-state index contributed by atoms with van der Waals surface area (Å²) < 4.78 is 4.62. The topological polar surface area (TPSA) is 46.5 Å². The zero-order valence-electron chi connectivity index (χ0n) is 9.53. The predicted octanol–water partition coefficient (Wildman–Crippen LogP) is 2.36. The third kappa shape index (κ3) is 2.54. The van der Waals surface area contributed by atoms with Crippen molar-refractivity contribution in [3.8, 4) is 0 Å². The number of halogens is 1. The highest BCUT2D eigenvalue weighted by Crippen LogP contribution is 2.30. The molecule has 0 bridgehead atoms. The number of aliphatic hydroxyl groups is 1. The van der Waals surface area contributed by atoms with Crippen LogP contribution in [0, 0.1) is 5.92 Å². The normalized spacial score (nSPS) is 16.3. The van der Waals surface area contributed by atoms with Crippen molar-refractivity contribution in [2.24, 2.45) is 5.92 Å². The second-order valence-electron chi connectivity index (χ2n) is 3.90. The van der Waals surface area contributed by atoms with E-state index in [4.69, 9.17) is 11.6 Å². The summed E-state index contributed by atoms with van der Waals surface area (Å²) in [5, 5.41) is 10.9. The second-order valence-corrected chi connectivity index (χ2v) is 4.34. The Balaban J connectivity index is 3.01. The van der Waals surface area contributed by atoms with Crippen LogP contribution in [-0.2, 0) is 15.1 Å². The Labute approximate surface area is 100.0 Å². The summed E-state index contributed by atoms with van der Waals surface area (Å²) in [5.41, 5.74) is -0.632. The van der Waals surface area contributed by atoms with E-state index in [0.717, 1.165) is 0 Å². The van der Waals surface area contributed by atoms with E-state index >= 15 is 0 Å². The van der Waals surface area contributed by atoms with Crippen molar-refractivity contribution < 1.29 is 14.6 Å². The molecule has 1 N–H and O–H groups in total. The molecule has 1 aromatic carbocycles. The molecule has 0 fully saturated rings. The van der Waals surface area contributed by atoms with Gasteiger partial charge in [0.15, 0.2) is 0 Å². The standard InChI is InChI=1S/C12H15ClO3/c1-8(11(14)16-3)12(2,15)9-4-6-10(13)7-5-9/h4-8,15H,1-3H3. The molecule has 0 saturated heterocycles. The Bertz CT molecular complexity index is 370. The van der Waals surface area contributed by atoms with Crippen molar-refractivity contribution in [3.63, 3.8) is 0 Å². The SMILES string of the molecule is COC(=O)C(C)C(C)(O)c1ccc(Cl)cc1. The van der Waals surface area contributed by atoms with Crippen LogP contribution < -0.4 is 0 Å². The van der Waals surface area contributed by atoms with E-state index in [1.54, 1.807) is 38.1 Å². The van der Waals surface area contributed by atoms with Crippen LogP contribution in [0.3, 0.4) is 0 Å². The van der Waals surface area contributed by atoms with Crippen LogP contribution in [0.15, 0.2) is 24.3 Å². The first-order valence-corrected chi connectivity index (χ1v) is 5.33. The molecule has 88 valence electrons. The molecule has 3 nitrogen and oxygen atoms in total. The minimum Gasteiger partial charge on any atom is -0.469 e. The molecule has 1 rings (SSSR count). The van der Waals surface area contributed by atoms with Crippen LogP contribution >= 0.6 is 11.6 Å². The first kappa shape index (κ1) is 13.0. The van der Waals surface area contributed by atoms with Gasteiger partial charge in [-0.15, -0.1) is 0 Å². The monoisotopic (exact) mass is 242 g/mol. The maximum absolute atomic E-state index is 11.4. The number of hydrogen-bond acceptors (Lipinski definition) is 3. The average Bonchev–Trinajstić information content (AvgIpc) is 2.27. The molecule has 0 spiro atoms. The van der Waals surface area contributed by atoms with Crippen molar-refractivity contribution in [3.05, 3.63) is 34.9 Å². The number of hydrogen-bond donors (Lipinski definition) is 1. The van der Waals surface area contributed by atoms with E-state index in [2.05, 4.69) is 4.74 Å². The molecule has 0 heterocycles. The third-order valence-electron chi connectivity index (χ3n) is 2.83. The molecule has 0 saturated carbocycles. The summed E-state index contributed by atoms with van der Waals surface area (Å²) in [7, 11) is 1.30. The highest BCUT2D eigenvalue weighted by Gasteiger charge is 2.36. The smallest absolute Gasteiger partial charge is 0.311 e. The van der Waals surface area contributed by atoms with Crippen LogP contribution in [0.25, 0.3) is 0 Å². The van der Waals surface area contributed by atoms with E-state index in [1.807, 2.05) is 0 Å². The average molecular weight is 243 g/mol. The molecule has 0 aromatic heterocycles. The molecular formula is C12H15ClO3. The Morgan fingerprint density at radius 1 is 1.44 bits per heavy atom. The number of benzene rings is 1. The lowest BCUT2D eigenvalue weighted by atomic mass is 9.84. The molecule has 0 aliphatic rings. The minimum absolute atomic E-state index is 0.444. The van der Waals surface area contributed by atoms with Gasteiger partial charge in [-0.1, -0.05) is 23.7 Å². The molecular weight excluding hydrogens is 228 g/mol. The van der Waals surface area contributed by atoms with Gasteiger partial charge in [0.1, 0.15) is 0 Å². The van der Waals surface area contributed by atoms with Crippen LogP contribution in [0.5, 0.6) is 0 Å². The highest BCUT2D eigenvalue weighted by atomic mass is 35.5. The lowest BCUT2D eigenvalue weighted by molar-refractivity contribution is -0.154. The van der Waals surface area contributed by atoms with Gasteiger partial charge >= 0.3 is 5.97 Å². The fourth-order valence-electron chi connectivity index (χ4n) is 1.44. The zero-order chi connectivity index (χ0) is 12.3. The van der Waals surface area contributed by atoms with Gasteiger partial charge in [-0.3, -0.25) is 4.79 Å². The number of ether oxygens (including phenoxy) is 1. The number of methoxy groups -OCH3 is 1. The fraction of sp³-hybridized carbons (Fsp3) is 0.417. The van der Waals surface area contributed by atoms with Gasteiger partial charge in [-0.05, 0) is 31.5 Å². The molecule has 0 amide bonds. The van der Waals surface area contributed by atoms with Gasteiger partial charge in [-0.2, -0.15) is 0 Å². The summed E-state index contributed by atoms with van der Waals surface area (Å²) >= 11 is 5.76. The summed E-state index contributed by atoms with van der Waals surface area (Å²) in [6.45, 7) is 3.21. The molecule has 1 aromatic rings. The van der Waals surface area contributed by atoms with Gasteiger partial charge in [0.25, 0.3) is 0 Å². The molecule has 0 aliphatic heterocycles. The Morgan fingerprint density at radius 3 is 2.38 bits per heavy atom. The summed E-state index contributed by atoms with van der Waals surface area (Å²) in [4.78, 5) is 11.4. The van der Waals surface area contributed by atoms with Gasteiger partial charge < -0.3 is 9.84 Å². The van der Waals surface area contributed by atoms with E-state index in [9.17, 15) is 9.90 Å². The molecule has 0 radical (unpaired) electrons. The molecule has 0 aliphatic carbocycles. The van der Waals surface area contributed by atoms with Crippen molar-refractivity contribution in [1.82, 2.24) is 0 Å². The summed E-state index contributed by atoms with van der Waals surface area (Å²) in [6, 6.07) is 6.74. The summed E-state index contributed by atoms with van der Waals surface area (Å²) in [5.74, 6) is -1.08. The Hall–Kier alpha value is -1.06. The number of rotatable bonds is 3. The maximum Gasteiger partial charge on any atom is 0.311 e. The predicted molar refractivity (Wildman–Crippen MR) is 62.2 cm³/mol. The second kappa shape index (κ2) is 4.85. The number of carbonyl (C=O) groups excluding carboxylic acids is 1. The summed E-state index contributed by atoms with van der Waals surface area (Å²) in [6.07, 6.45) is 0. The lowest BCUT2D eigenvalue weighted by Crippen LogP contribution is -2.35. The number of esters is 1. The first-order valence-electron chi connectivity index (χ1n) is 4.96. The lowest BCUT2D eigenvalue weighted by Gasteiger charge is -2.28.